The summed E-state index contributed by atoms with van der Waals surface area (Å²) in [5.41, 5.74) is 3.82. The predicted molar refractivity (Wildman–Crippen MR) is 95.1 cm³/mol. The molecule has 0 spiro atoms. The molecule has 0 unspecified atom stereocenters. The summed E-state index contributed by atoms with van der Waals surface area (Å²) in [5, 5.41) is 13.2. The van der Waals surface area contributed by atoms with Crippen molar-refractivity contribution >= 4 is 11.9 Å². The van der Waals surface area contributed by atoms with E-state index < -0.39 is 5.97 Å². The Morgan fingerprint density at radius 1 is 1.20 bits per heavy atom. The van der Waals surface area contributed by atoms with E-state index in [9.17, 15) is 9.59 Å². The zero-order valence-electron chi connectivity index (χ0n) is 15.0. The number of aromatic nitrogens is 2. The Morgan fingerprint density at radius 3 is 2.44 bits per heavy atom. The van der Waals surface area contributed by atoms with Crippen molar-refractivity contribution in [3.05, 3.63) is 52.8 Å². The molecule has 1 aromatic heterocycles. The standard InChI is InChI=1S/C19H25N3O3/c1-14-17(15(2)21(3)20-14)12-18(23)22(11-7-10-19(24)25)13-16-8-5-4-6-9-16/h4-6,8-9H,7,10-13H2,1-3H3,(H,24,25). The van der Waals surface area contributed by atoms with Crippen LogP contribution in [0.2, 0.25) is 0 Å². The van der Waals surface area contributed by atoms with Crippen LogP contribution in [0.4, 0.5) is 0 Å². The van der Waals surface area contributed by atoms with Crippen molar-refractivity contribution in [2.75, 3.05) is 6.54 Å². The highest BCUT2D eigenvalue weighted by atomic mass is 16.4. The van der Waals surface area contributed by atoms with Crippen molar-refractivity contribution in [3.8, 4) is 0 Å². The number of carbonyl (C=O) groups excluding carboxylic acids is 1. The SMILES string of the molecule is Cc1nn(C)c(C)c1CC(=O)N(CCCC(=O)O)Cc1ccccc1. The van der Waals surface area contributed by atoms with Crippen LogP contribution in [0, 0.1) is 13.8 Å². The molecule has 1 heterocycles. The fraction of sp³-hybridized carbons (Fsp3) is 0.421. The van der Waals surface area contributed by atoms with Crippen molar-refractivity contribution < 1.29 is 14.7 Å². The van der Waals surface area contributed by atoms with Crippen LogP contribution in [0.15, 0.2) is 30.3 Å². The van der Waals surface area contributed by atoms with E-state index in [1.54, 1.807) is 9.58 Å². The van der Waals surface area contributed by atoms with E-state index in [1.807, 2.05) is 51.2 Å². The zero-order chi connectivity index (χ0) is 18.4. The van der Waals surface area contributed by atoms with Crippen molar-refractivity contribution in [2.45, 2.75) is 39.7 Å². The molecule has 6 heteroatoms. The first-order valence-electron chi connectivity index (χ1n) is 8.41. The van der Waals surface area contributed by atoms with Crippen LogP contribution >= 0.6 is 0 Å². The maximum absolute atomic E-state index is 12.8. The van der Waals surface area contributed by atoms with Gasteiger partial charge in [-0.05, 0) is 25.8 Å². The Bertz CT molecular complexity index is 738. The predicted octanol–water partition coefficient (Wildman–Crippen LogP) is 2.47. The van der Waals surface area contributed by atoms with Crippen molar-refractivity contribution in [1.82, 2.24) is 14.7 Å². The number of amides is 1. The molecule has 0 saturated heterocycles. The number of carbonyl (C=O) groups is 2. The second-order valence-electron chi connectivity index (χ2n) is 6.25. The van der Waals surface area contributed by atoms with E-state index in [0.717, 1.165) is 22.5 Å². The molecule has 25 heavy (non-hydrogen) atoms. The second-order valence-corrected chi connectivity index (χ2v) is 6.25. The molecule has 134 valence electrons. The average Bonchev–Trinajstić information content (AvgIpc) is 2.81. The Hall–Kier alpha value is -2.63. The van der Waals surface area contributed by atoms with Gasteiger partial charge < -0.3 is 10.0 Å². The summed E-state index contributed by atoms with van der Waals surface area (Å²) in [4.78, 5) is 25.4. The van der Waals surface area contributed by atoms with Gasteiger partial charge in [0.05, 0.1) is 12.1 Å². The Morgan fingerprint density at radius 2 is 1.88 bits per heavy atom. The Labute approximate surface area is 148 Å². The molecule has 0 aliphatic carbocycles. The summed E-state index contributed by atoms with van der Waals surface area (Å²) in [6.45, 7) is 4.77. The van der Waals surface area contributed by atoms with Crippen LogP contribution in [-0.2, 0) is 29.6 Å². The van der Waals surface area contributed by atoms with Gasteiger partial charge in [0.25, 0.3) is 0 Å². The van der Waals surface area contributed by atoms with Gasteiger partial charge in [0.2, 0.25) is 5.91 Å². The van der Waals surface area contributed by atoms with Gasteiger partial charge in [-0.2, -0.15) is 5.10 Å². The number of nitrogens with zero attached hydrogens (tertiary/aromatic N) is 3. The molecular weight excluding hydrogens is 318 g/mol. The third-order valence-electron chi connectivity index (χ3n) is 4.37. The molecule has 0 radical (unpaired) electrons. The van der Waals surface area contributed by atoms with Crippen LogP contribution in [0.1, 0.15) is 35.4 Å². The zero-order valence-corrected chi connectivity index (χ0v) is 15.0. The molecule has 1 amide bonds. The minimum atomic E-state index is -0.842. The van der Waals surface area contributed by atoms with E-state index >= 15 is 0 Å². The van der Waals surface area contributed by atoms with Gasteiger partial charge in [-0.15, -0.1) is 0 Å². The Kier molecular flexibility index (Phi) is 6.33. The molecule has 0 fully saturated rings. The fourth-order valence-corrected chi connectivity index (χ4v) is 2.85. The molecule has 0 saturated carbocycles. The summed E-state index contributed by atoms with van der Waals surface area (Å²) in [5.74, 6) is -0.848. The first-order chi connectivity index (χ1) is 11.9. The molecule has 0 aliphatic heterocycles. The fourth-order valence-electron chi connectivity index (χ4n) is 2.85. The molecule has 0 bridgehead atoms. The number of rotatable bonds is 8. The van der Waals surface area contributed by atoms with Crippen LogP contribution < -0.4 is 0 Å². The van der Waals surface area contributed by atoms with E-state index in [1.165, 1.54) is 0 Å². The van der Waals surface area contributed by atoms with Gasteiger partial charge in [-0.3, -0.25) is 14.3 Å². The summed E-state index contributed by atoms with van der Waals surface area (Å²) in [7, 11) is 1.87. The van der Waals surface area contributed by atoms with E-state index in [2.05, 4.69) is 5.10 Å². The maximum atomic E-state index is 12.8. The van der Waals surface area contributed by atoms with Gasteiger partial charge in [0, 0.05) is 37.8 Å². The van der Waals surface area contributed by atoms with Crippen LogP contribution in [0.25, 0.3) is 0 Å². The van der Waals surface area contributed by atoms with Gasteiger partial charge in [-0.1, -0.05) is 30.3 Å². The van der Waals surface area contributed by atoms with Gasteiger partial charge in [0.1, 0.15) is 0 Å². The van der Waals surface area contributed by atoms with Gasteiger partial charge in [-0.25, -0.2) is 0 Å². The molecule has 1 aromatic carbocycles. The lowest BCUT2D eigenvalue weighted by Crippen LogP contribution is -2.33. The summed E-state index contributed by atoms with van der Waals surface area (Å²) in [6.07, 6.45) is 0.786. The van der Waals surface area contributed by atoms with E-state index in [-0.39, 0.29) is 18.7 Å². The number of hydrogen-bond donors (Lipinski definition) is 1. The number of carboxylic acids is 1. The minimum absolute atomic E-state index is 0.00607. The van der Waals surface area contributed by atoms with E-state index in [0.29, 0.717) is 19.5 Å². The molecule has 2 aromatic rings. The monoisotopic (exact) mass is 343 g/mol. The second kappa shape index (κ2) is 8.46. The number of benzene rings is 1. The van der Waals surface area contributed by atoms with Crippen LogP contribution in [0.5, 0.6) is 0 Å². The van der Waals surface area contributed by atoms with Crippen LogP contribution in [0.3, 0.4) is 0 Å². The number of carboxylic acid groups (broad SMARTS) is 1. The molecule has 6 nitrogen and oxygen atoms in total. The van der Waals surface area contributed by atoms with Crippen molar-refractivity contribution in [3.63, 3.8) is 0 Å². The molecule has 1 N–H and O–H groups in total. The molecule has 0 aliphatic rings. The first-order valence-corrected chi connectivity index (χ1v) is 8.41. The lowest BCUT2D eigenvalue weighted by molar-refractivity contribution is -0.138. The third kappa shape index (κ3) is 5.17. The minimum Gasteiger partial charge on any atom is -0.481 e. The maximum Gasteiger partial charge on any atom is 0.303 e. The summed E-state index contributed by atoms with van der Waals surface area (Å²) < 4.78 is 1.78. The van der Waals surface area contributed by atoms with Crippen molar-refractivity contribution in [1.29, 1.82) is 0 Å². The summed E-state index contributed by atoms with van der Waals surface area (Å²) >= 11 is 0. The highest BCUT2D eigenvalue weighted by molar-refractivity contribution is 5.79. The lowest BCUT2D eigenvalue weighted by Gasteiger charge is -2.23. The highest BCUT2D eigenvalue weighted by Crippen LogP contribution is 2.15. The van der Waals surface area contributed by atoms with Crippen LogP contribution in [-0.4, -0.2) is 38.2 Å². The number of aryl methyl sites for hydroxylation is 2. The molecule has 0 atom stereocenters. The first kappa shape index (κ1) is 18.7. The lowest BCUT2D eigenvalue weighted by atomic mass is 10.1. The van der Waals surface area contributed by atoms with Gasteiger partial charge >= 0.3 is 5.97 Å². The largest absolute Gasteiger partial charge is 0.481 e. The number of hydrogen-bond acceptors (Lipinski definition) is 3. The molecular formula is C19H25N3O3. The van der Waals surface area contributed by atoms with Crippen molar-refractivity contribution in [2.24, 2.45) is 7.05 Å². The highest BCUT2D eigenvalue weighted by Gasteiger charge is 2.19. The smallest absolute Gasteiger partial charge is 0.303 e. The normalized spacial score (nSPS) is 10.7. The summed E-state index contributed by atoms with van der Waals surface area (Å²) in [6, 6.07) is 9.74. The average molecular weight is 343 g/mol. The third-order valence-corrected chi connectivity index (χ3v) is 4.37. The van der Waals surface area contributed by atoms with Gasteiger partial charge in [0.15, 0.2) is 0 Å². The number of aliphatic carboxylic acids is 1. The Balaban J connectivity index is 2.12. The topological polar surface area (TPSA) is 75.4 Å². The quantitative estimate of drug-likeness (QED) is 0.799. The molecule has 2 rings (SSSR count). The van der Waals surface area contributed by atoms with E-state index in [4.69, 9.17) is 5.11 Å².